The van der Waals surface area contributed by atoms with Crippen molar-refractivity contribution in [3.63, 3.8) is 0 Å². The summed E-state index contributed by atoms with van der Waals surface area (Å²) in [7, 11) is 0. The maximum atomic E-state index is 10.1. The summed E-state index contributed by atoms with van der Waals surface area (Å²) >= 11 is 0. The van der Waals surface area contributed by atoms with Gasteiger partial charge in [-0.2, -0.15) is 0 Å². The Kier molecular flexibility index (Phi) is 3.07. The Hall–Kier alpha value is -0.860. The van der Waals surface area contributed by atoms with Crippen LogP contribution in [0.15, 0.2) is 30.3 Å². The van der Waals surface area contributed by atoms with E-state index in [2.05, 4.69) is 0 Å². The van der Waals surface area contributed by atoms with Crippen LogP contribution in [0.25, 0.3) is 0 Å². The average molecular weight is 179 g/mol. The van der Waals surface area contributed by atoms with Crippen molar-refractivity contribution >= 4 is 0 Å². The third kappa shape index (κ3) is 2.83. The molecule has 1 aromatic carbocycles. The van der Waals surface area contributed by atoms with Crippen molar-refractivity contribution in [1.82, 2.24) is 0 Å². The molecule has 1 rings (SSSR count). The average Bonchev–Trinajstić information content (AvgIpc) is 2.04. The number of nitrogens with two attached hydrogens (primary N) is 1. The van der Waals surface area contributed by atoms with E-state index in [0.717, 1.165) is 5.56 Å². The lowest BCUT2D eigenvalue weighted by atomic mass is 9.90. The molecule has 0 saturated heterocycles. The van der Waals surface area contributed by atoms with E-state index in [-0.39, 0.29) is 6.04 Å². The van der Waals surface area contributed by atoms with Crippen LogP contribution >= 0.6 is 0 Å². The second-order valence-corrected chi connectivity index (χ2v) is 3.82. The molecule has 1 aromatic rings. The van der Waals surface area contributed by atoms with Gasteiger partial charge in [-0.15, -0.1) is 0 Å². The first kappa shape index (κ1) is 10.2. The minimum atomic E-state index is -0.810. The first-order chi connectivity index (χ1) is 6.02. The maximum Gasteiger partial charge on any atom is 0.0883 e. The number of hydrogen-bond acceptors (Lipinski definition) is 2. The molecule has 0 aliphatic rings. The molecule has 0 bridgehead atoms. The molecule has 0 aliphatic heterocycles. The highest BCUT2D eigenvalue weighted by Gasteiger charge is 2.23. The van der Waals surface area contributed by atoms with Crippen molar-refractivity contribution in [2.45, 2.75) is 31.9 Å². The first-order valence-electron chi connectivity index (χ1n) is 4.56. The summed E-state index contributed by atoms with van der Waals surface area (Å²) in [6, 6.07) is 9.63. The first-order valence-corrected chi connectivity index (χ1v) is 4.56. The molecule has 0 heterocycles. The van der Waals surface area contributed by atoms with Crippen LogP contribution in [0, 0.1) is 0 Å². The SMILES string of the molecule is CC(N)CC(C)(O)c1ccccc1. The molecule has 2 nitrogen and oxygen atoms in total. The normalized spacial score (nSPS) is 17.8. The van der Waals surface area contributed by atoms with E-state index in [1.54, 1.807) is 6.92 Å². The molecule has 0 amide bonds. The van der Waals surface area contributed by atoms with Gasteiger partial charge < -0.3 is 10.8 Å². The van der Waals surface area contributed by atoms with E-state index in [1.165, 1.54) is 0 Å². The minimum absolute atomic E-state index is 0.00945. The monoisotopic (exact) mass is 179 g/mol. The van der Waals surface area contributed by atoms with Crippen molar-refractivity contribution in [3.8, 4) is 0 Å². The van der Waals surface area contributed by atoms with Gasteiger partial charge in [-0.05, 0) is 25.8 Å². The summed E-state index contributed by atoms with van der Waals surface area (Å²) < 4.78 is 0. The van der Waals surface area contributed by atoms with Gasteiger partial charge in [0, 0.05) is 6.04 Å². The smallest absolute Gasteiger partial charge is 0.0883 e. The predicted molar refractivity (Wildman–Crippen MR) is 54.3 cm³/mol. The van der Waals surface area contributed by atoms with Crippen LogP contribution in [0.3, 0.4) is 0 Å². The van der Waals surface area contributed by atoms with Gasteiger partial charge in [-0.3, -0.25) is 0 Å². The van der Waals surface area contributed by atoms with Crippen LogP contribution in [0.4, 0.5) is 0 Å². The van der Waals surface area contributed by atoms with Crippen LogP contribution in [0.5, 0.6) is 0 Å². The Balaban J connectivity index is 2.81. The fourth-order valence-electron chi connectivity index (χ4n) is 1.54. The zero-order valence-corrected chi connectivity index (χ0v) is 8.20. The molecule has 0 saturated carbocycles. The Morgan fingerprint density at radius 2 is 1.92 bits per heavy atom. The number of hydrogen-bond donors (Lipinski definition) is 2. The molecular formula is C11H17NO. The molecule has 0 radical (unpaired) electrons. The van der Waals surface area contributed by atoms with E-state index in [4.69, 9.17) is 5.73 Å². The number of benzene rings is 1. The Morgan fingerprint density at radius 1 is 1.38 bits per heavy atom. The van der Waals surface area contributed by atoms with E-state index in [9.17, 15) is 5.11 Å². The van der Waals surface area contributed by atoms with Crippen molar-refractivity contribution in [3.05, 3.63) is 35.9 Å². The highest BCUT2D eigenvalue weighted by Crippen LogP contribution is 2.24. The lowest BCUT2D eigenvalue weighted by Gasteiger charge is -2.25. The van der Waals surface area contributed by atoms with Gasteiger partial charge in [0.15, 0.2) is 0 Å². The second kappa shape index (κ2) is 3.90. The van der Waals surface area contributed by atoms with Crippen LogP contribution < -0.4 is 5.73 Å². The second-order valence-electron chi connectivity index (χ2n) is 3.82. The predicted octanol–water partition coefficient (Wildman–Crippen LogP) is 1.63. The van der Waals surface area contributed by atoms with Crippen LogP contribution in [-0.4, -0.2) is 11.1 Å². The van der Waals surface area contributed by atoms with Crippen LogP contribution in [0.2, 0.25) is 0 Å². The van der Waals surface area contributed by atoms with Gasteiger partial charge in [0.2, 0.25) is 0 Å². The molecule has 2 unspecified atom stereocenters. The van der Waals surface area contributed by atoms with Crippen molar-refractivity contribution < 1.29 is 5.11 Å². The minimum Gasteiger partial charge on any atom is -0.385 e. The quantitative estimate of drug-likeness (QED) is 0.740. The van der Waals surface area contributed by atoms with Crippen LogP contribution in [0.1, 0.15) is 25.8 Å². The Labute approximate surface area is 79.4 Å². The lowest BCUT2D eigenvalue weighted by Crippen LogP contribution is -2.30. The highest BCUT2D eigenvalue weighted by molar-refractivity contribution is 5.21. The molecule has 72 valence electrons. The van der Waals surface area contributed by atoms with Crippen LogP contribution in [-0.2, 0) is 5.60 Å². The lowest BCUT2D eigenvalue weighted by molar-refractivity contribution is 0.0423. The zero-order chi connectivity index (χ0) is 9.90. The van der Waals surface area contributed by atoms with E-state index in [0.29, 0.717) is 6.42 Å². The third-order valence-corrected chi connectivity index (χ3v) is 2.12. The van der Waals surface area contributed by atoms with Gasteiger partial charge >= 0.3 is 0 Å². The van der Waals surface area contributed by atoms with Crippen molar-refractivity contribution in [2.24, 2.45) is 5.73 Å². The standard InChI is InChI=1S/C11H17NO/c1-9(12)8-11(2,13)10-6-4-3-5-7-10/h3-7,9,13H,8,12H2,1-2H3. The van der Waals surface area contributed by atoms with Gasteiger partial charge in [0.25, 0.3) is 0 Å². The molecule has 2 atom stereocenters. The molecule has 0 aliphatic carbocycles. The van der Waals surface area contributed by atoms with E-state index in [1.807, 2.05) is 37.3 Å². The summed E-state index contributed by atoms with van der Waals surface area (Å²) in [5.41, 5.74) is 5.77. The van der Waals surface area contributed by atoms with Gasteiger partial charge in [0.05, 0.1) is 5.60 Å². The molecule has 2 heteroatoms. The fraction of sp³-hybridized carbons (Fsp3) is 0.455. The topological polar surface area (TPSA) is 46.2 Å². The zero-order valence-electron chi connectivity index (χ0n) is 8.20. The van der Waals surface area contributed by atoms with Gasteiger partial charge in [-0.25, -0.2) is 0 Å². The van der Waals surface area contributed by atoms with E-state index < -0.39 is 5.60 Å². The van der Waals surface area contributed by atoms with Crippen molar-refractivity contribution in [1.29, 1.82) is 0 Å². The summed E-state index contributed by atoms with van der Waals surface area (Å²) in [4.78, 5) is 0. The molecule has 0 aromatic heterocycles. The van der Waals surface area contributed by atoms with E-state index >= 15 is 0 Å². The molecule has 3 N–H and O–H groups in total. The maximum absolute atomic E-state index is 10.1. The summed E-state index contributed by atoms with van der Waals surface area (Å²) in [5, 5.41) is 10.1. The molecular weight excluding hydrogens is 162 g/mol. The molecule has 13 heavy (non-hydrogen) atoms. The summed E-state index contributed by atoms with van der Waals surface area (Å²) in [5.74, 6) is 0. The third-order valence-electron chi connectivity index (χ3n) is 2.12. The Morgan fingerprint density at radius 3 is 2.38 bits per heavy atom. The van der Waals surface area contributed by atoms with Crippen molar-refractivity contribution in [2.75, 3.05) is 0 Å². The highest BCUT2D eigenvalue weighted by atomic mass is 16.3. The van der Waals surface area contributed by atoms with Gasteiger partial charge in [0.1, 0.15) is 0 Å². The van der Waals surface area contributed by atoms with Gasteiger partial charge in [-0.1, -0.05) is 30.3 Å². The number of rotatable bonds is 3. The number of aliphatic hydroxyl groups is 1. The Bertz CT molecular complexity index is 254. The molecule has 0 fully saturated rings. The summed E-state index contributed by atoms with van der Waals surface area (Å²) in [6.07, 6.45) is 0.580. The fourth-order valence-corrected chi connectivity index (χ4v) is 1.54. The molecule has 0 spiro atoms. The summed E-state index contributed by atoms with van der Waals surface area (Å²) in [6.45, 7) is 3.70. The largest absolute Gasteiger partial charge is 0.385 e.